The normalized spacial score (nSPS) is 12.9. The third-order valence-electron chi connectivity index (χ3n) is 4.33. The number of benzene rings is 2. The van der Waals surface area contributed by atoms with Crippen LogP contribution in [0.25, 0.3) is 0 Å². The van der Waals surface area contributed by atoms with Crippen molar-refractivity contribution in [1.29, 1.82) is 0 Å². The fourth-order valence-corrected chi connectivity index (χ4v) is 3.18. The molecular formula is C19H18Cl2N4O4. The molecule has 2 amide bonds. The molecule has 1 fully saturated rings. The van der Waals surface area contributed by atoms with Crippen LogP contribution in [-0.4, -0.2) is 41.3 Å². The molecule has 8 nitrogen and oxygen atoms in total. The fraction of sp³-hybridized carbons (Fsp3) is 0.263. The number of carbonyl (C=O) groups excluding carboxylic acids is 2. The molecule has 2 aromatic rings. The first-order valence-electron chi connectivity index (χ1n) is 8.80. The van der Waals surface area contributed by atoms with E-state index >= 15 is 0 Å². The molecule has 1 aliphatic carbocycles. The highest BCUT2D eigenvalue weighted by Gasteiger charge is 2.26. The van der Waals surface area contributed by atoms with Crippen molar-refractivity contribution in [1.82, 2.24) is 4.90 Å². The van der Waals surface area contributed by atoms with Gasteiger partial charge in [0.2, 0.25) is 5.91 Å². The maximum Gasteiger partial charge on any atom is 0.293 e. The van der Waals surface area contributed by atoms with Gasteiger partial charge in [-0.2, -0.15) is 0 Å². The first-order valence-corrected chi connectivity index (χ1v) is 9.56. The number of hydrogen-bond acceptors (Lipinski definition) is 5. The van der Waals surface area contributed by atoms with Gasteiger partial charge in [0.05, 0.1) is 27.2 Å². The van der Waals surface area contributed by atoms with Gasteiger partial charge in [-0.1, -0.05) is 29.3 Å². The van der Waals surface area contributed by atoms with Gasteiger partial charge in [-0.3, -0.25) is 19.7 Å². The molecular weight excluding hydrogens is 419 g/mol. The molecule has 0 unspecified atom stereocenters. The molecule has 0 spiro atoms. The molecule has 0 saturated heterocycles. The number of likely N-dealkylation sites (N-methyl/N-ethyl adjacent to an activating group) is 1. The zero-order valence-electron chi connectivity index (χ0n) is 15.4. The first kappa shape index (κ1) is 20.9. The van der Waals surface area contributed by atoms with Crippen molar-refractivity contribution in [2.24, 2.45) is 0 Å². The predicted octanol–water partition coefficient (Wildman–Crippen LogP) is 4.19. The van der Waals surface area contributed by atoms with Gasteiger partial charge in [0.25, 0.3) is 11.6 Å². The Morgan fingerprint density at radius 3 is 2.45 bits per heavy atom. The van der Waals surface area contributed by atoms with Crippen LogP contribution in [0.5, 0.6) is 0 Å². The fourth-order valence-electron chi connectivity index (χ4n) is 2.69. The molecule has 29 heavy (non-hydrogen) atoms. The topological polar surface area (TPSA) is 105 Å². The zero-order valence-corrected chi connectivity index (χ0v) is 17.0. The van der Waals surface area contributed by atoms with E-state index in [1.807, 2.05) is 0 Å². The number of nitrogens with one attached hydrogen (secondary N) is 2. The highest BCUT2D eigenvalue weighted by molar-refractivity contribution is 6.39. The Morgan fingerprint density at radius 1 is 1.21 bits per heavy atom. The highest BCUT2D eigenvalue weighted by atomic mass is 35.5. The maximum atomic E-state index is 12.6. The molecule has 0 aliphatic heterocycles. The number of nitro groups is 1. The molecule has 0 heterocycles. The van der Waals surface area contributed by atoms with Gasteiger partial charge >= 0.3 is 0 Å². The summed E-state index contributed by atoms with van der Waals surface area (Å²) < 4.78 is 0. The van der Waals surface area contributed by atoms with E-state index in [1.54, 1.807) is 18.2 Å². The predicted molar refractivity (Wildman–Crippen MR) is 112 cm³/mol. The number of halogens is 2. The Hall–Kier alpha value is -2.84. The number of anilines is 2. The molecule has 0 bridgehead atoms. The van der Waals surface area contributed by atoms with E-state index in [0.717, 1.165) is 17.7 Å². The van der Waals surface area contributed by atoms with Crippen molar-refractivity contribution in [3.05, 3.63) is 62.1 Å². The number of nitrogens with zero attached hydrogens (tertiary/aromatic N) is 2. The second-order valence-corrected chi connectivity index (χ2v) is 7.53. The van der Waals surface area contributed by atoms with E-state index in [-0.39, 0.29) is 39.6 Å². The summed E-state index contributed by atoms with van der Waals surface area (Å²) in [7, 11) is 1.43. The van der Waals surface area contributed by atoms with Crippen LogP contribution in [0.4, 0.5) is 17.1 Å². The number of para-hydroxylation sites is 1. The Balaban J connectivity index is 1.70. The SMILES string of the molecule is CN(CC(=O)Nc1c(Cl)cccc1Cl)C(=O)c1ccc(NC2CC2)c([N+](=O)[O-])c1. The molecule has 0 radical (unpaired) electrons. The number of amides is 2. The van der Waals surface area contributed by atoms with E-state index < -0.39 is 16.7 Å². The Labute approximate surface area is 176 Å². The molecule has 1 aliphatic rings. The van der Waals surface area contributed by atoms with Crippen LogP contribution in [0.15, 0.2) is 36.4 Å². The molecule has 152 valence electrons. The van der Waals surface area contributed by atoms with Gasteiger partial charge in [0.15, 0.2) is 0 Å². The van der Waals surface area contributed by atoms with Gasteiger partial charge in [0.1, 0.15) is 5.69 Å². The second kappa shape index (κ2) is 8.67. The van der Waals surface area contributed by atoms with Crippen molar-refractivity contribution in [2.45, 2.75) is 18.9 Å². The van der Waals surface area contributed by atoms with Crippen molar-refractivity contribution in [3.63, 3.8) is 0 Å². The van der Waals surface area contributed by atoms with Crippen LogP contribution in [0.2, 0.25) is 10.0 Å². The summed E-state index contributed by atoms with van der Waals surface area (Å²) >= 11 is 12.0. The van der Waals surface area contributed by atoms with E-state index in [1.165, 1.54) is 25.2 Å². The summed E-state index contributed by atoms with van der Waals surface area (Å²) in [5.74, 6) is -1.02. The lowest BCUT2D eigenvalue weighted by Crippen LogP contribution is -2.35. The van der Waals surface area contributed by atoms with Crippen LogP contribution < -0.4 is 10.6 Å². The van der Waals surface area contributed by atoms with Gasteiger partial charge in [0, 0.05) is 24.7 Å². The molecule has 0 atom stereocenters. The Kier molecular flexibility index (Phi) is 6.24. The first-order chi connectivity index (χ1) is 13.8. The molecule has 10 heteroatoms. The molecule has 2 N–H and O–H groups in total. The quantitative estimate of drug-likeness (QED) is 0.500. The van der Waals surface area contributed by atoms with Crippen molar-refractivity contribution >= 4 is 52.1 Å². The third-order valence-corrected chi connectivity index (χ3v) is 4.96. The summed E-state index contributed by atoms with van der Waals surface area (Å²) in [6, 6.07) is 9.26. The molecule has 0 aromatic heterocycles. The minimum atomic E-state index is -0.534. The zero-order chi connectivity index (χ0) is 21.1. The summed E-state index contributed by atoms with van der Waals surface area (Å²) in [6.07, 6.45) is 1.93. The Morgan fingerprint density at radius 2 is 1.86 bits per heavy atom. The van der Waals surface area contributed by atoms with Gasteiger partial charge in [-0.15, -0.1) is 0 Å². The van der Waals surface area contributed by atoms with Crippen LogP contribution >= 0.6 is 23.2 Å². The van der Waals surface area contributed by atoms with Crippen molar-refractivity contribution in [3.8, 4) is 0 Å². The minimum Gasteiger partial charge on any atom is -0.377 e. The number of nitro benzene ring substituents is 1. The summed E-state index contributed by atoms with van der Waals surface area (Å²) in [5, 5.41) is 17.6. The summed E-state index contributed by atoms with van der Waals surface area (Å²) in [5.41, 5.74) is 0.572. The smallest absolute Gasteiger partial charge is 0.293 e. The monoisotopic (exact) mass is 436 g/mol. The van der Waals surface area contributed by atoms with Crippen LogP contribution in [-0.2, 0) is 4.79 Å². The molecule has 3 rings (SSSR count). The van der Waals surface area contributed by atoms with Crippen molar-refractivity contribution in [2.75, 3.05) is 24.2 Å². The van der Waals surface area contributed by atoms with E-state index in [4.69, 9.17) is 23.2 Å². The summed E-state index contributed by atoms with van der Waals surface area (Å²) in [4.78, 5) is 36.9. The maximum absolute atomic E-state index is 12.6. The lowest BCUT2D eigenvalue weighted by atomic mass is 10.1. The lowest BCUT2D eigenvalue weighted by molar-refractivity contribution is -0.384. The van der Waals surface area contributed by atoms with Crippen LogP contribution in [0.1, 0.15) is 23.2 Å². The molecule has 2 aromatic carbocycles. The van der Waals surface area contributed by atoms with Crippen LogP contribution in [0, 0.1) is 10.1 Å². The third kappa shape index (κ3) is 5.16. The van der Waals surface area contributed by atoms with E-state index in [2.05, 4.69) is 10.6 Å². The van der Waals surface area contributed by atoms with Crippen LogP contribution in [0.3, 0.4) is 0 Å². The minimum absolute atomic E-state index is 0.115. The Bertz CT molecular complexity index is 958. The van der Waals surface area contributed by atoms with Gasteiger partial charge in [-0.25, -0.2) is 0 Å². The number of carbonyl (C=O) groups is 2. The second-order valence-electron chi connectivity index (χ2n) is 6.71. The molecule has 1 saturated carbocycles. The number of rotatable bonds is 7. The lowest BCUT2D eigenvalue weighted by Gasteiger charge is -2.18. The standard InChI is InChI=1S/C19H18Cl2N4O4/c1-24(10-17(26)23-18-13(20)3-2-4-14(18)21)19(27)11-5-8-15(22-12-6-7-12)16(9-11)25(28)29/h2-5,8-9,12,22H,6-7,10H2,1H3,(H,23,26). The average molecular weight is 437 g/mol. The van der Waals surface area contributed by atoms with Gasteiger partial charge < -0.3 is 15.5 Å². The average Bonchev–Trinajstić information content (AvgIpc) is 3.48. The van der Waals surface area contributed by atoms with E-state index in [0.29, 0.717) is 5.69 Å². The largest absolute Gasteiger partial charge is 0.377 e. The highest BCUT2D eigenvalue weighted by Crippen LogP contribution is 2.32. The summed E-state index contributed by atoms with van der Waals surface area (Å²) in [6.45, 7) is -0.281. The van der Waals surface area contributed by atoms with Crippen molar-refractivity contribution < 1.29 is 14.5 Å². The van der Waals surface area contributed by atoms with Gasteiger partial charge in [-0.05, 0) is 37.1 Å². The van der Waals surface area contributed by atoms with E-state index in [9.17, 15) is 19.7 Å². The number of hydrogen-bond donors (Lipinski definition) is 2.